The molecule has 0 bridgehead atoms. The summed E-state index contributed by atoms with van der Waals surface area (Å²) >= 11 is 1.70. The summed E-state index contributed by atoms with van der Waals surface area (Å²) in [6.07, 6.45) is -7.00. The number of H-pyrrole nitrogens is 1. The predicted octanol–water partition coefficient (Wildman–Crippen LogP) is 5.75. The maximum Gasteiger partial charge on any atom is 0.490 e. The van der Waals surface area contributed by atoms with Crippen LogP contribution in [0.15, 0.2) is 65.8 Å². The summed E-state index contributed by atoms with van der Waals surface area (Å²) < 4.78 is 68.8. The minimum Gasteiger partial charge on any atom is -0.475 e. The Labute approximate surface area is 239 Å². The van der Waals surface area contributed by atoms with Gasteiger partial charge in [-0.2, -0.15) is 31.4 Å². The molecule has 0 atom stereocenters. The number of carbonyl (C=O) groups is 3. The van der Waals surface area contributed by atoms with Gasteiger partial charge in [0, 0.05) is 29.0 Å². The number of carboxylic acid groups (broad SMARTS) is 2. The van der Waals surface area contributed by atoms with E-state index in [1.165, 1.54) is 0 Å². The fourth-order valence-electron chi connectivity index (χ4n) is 2.54. The minimum absolute atomic E-state index is 0.239. The normalized spacial score (nSPS) is 11.0. The van der Waals surface area contributed by atoms with E-state index in [9.17, 15) is 31.1 Å². The number of aromatic amines is 1. The molecule has 2 aromatic carbocycles. The summed E-state index contributed by atoms with van der Waals surface area (Å²) in [4.78, 5) is 33.2. The number of ether oxygens (including phenoxy) is 1. The van der Waals surface area contributed by atoms with Gasteiger partial charge in [-0.05, 0) is 37.4 Å². The molecule has 0 aliphatic rings. The first-order valence-electron chi connectivity index (χ1n) is 11.5. The summed E-state index contributed by atoms with van der Waals surface area (Å²) in [6.45, 7) is 1.18. The van der Waals surface area contributed by atoms with Crippen molar-refractivity contribution in [3.05, 3.63) is 66.5 Å². The van der Waals surface area contributed by atoms with Gasteiger partial charge in [-0.15, -0.1) is 11.8 Å². The van der Waals surface area contributed by atoms with Crippen LogP contribution < -0.4 is 5.32 Å². The standard InChI is InChI=1S/C21H24N4O2S.2C2HF3O2/c1-25(2)10-11-28-20-12-17(18-13-22-23-14-18)8-9-19(20)24-21(26)27-15-16-6-4-3-5-7-16;2*3-2(4,5)1(6)7/h3-9,12-14H,10-11,15H2,1-2H3,(H,22,23)(H,24,26);2*(H,6,7). The number of carboxylic acids is 2. The largest absolute Gasteiger partial charge is 0.490 e. The first-order chi connectivity index (χ1) is 19.5. The average molecular weight is 625 g/mol. The topological polar surface area (TPSA) is 145 Å². The van der Waals surface area contributed by atoms with Crippen molar-refractivity contribution in [3.8, 4) is 11.1 Å². The van der Waals surface area contributed by atoms with Gasteiger partial charge in [-0.25, -0.2) is 14.4 Å². The second-order valence-electron chi connectivity index (χ2n) is 8.14. The molecular formula is C25H26F6N4O6S. The number of halogens is 6. The van der Waals surface area contributed by atoms with E-state index in [1.54, 1.807) is 18.0 Å². The molecule has 0 aliphatic carbocycles. The van der Waals surface area contributed by atoms with Crippen LogP contribution in [-0.2, 0) is 20.9 Å². The second-order valence-corrected chi connectivity index (χ2v) is 9.28. The minimum atomic E-state index is -5.08. The van der Waals surface area contributed by atoms with E-state index in [0.29, 0.717) is 0 Å². The molecule has 0 saturated heterocycles. The number of aromatic nitrogens is 2. The molecule has 0 unspecified atom stereocenters. The highest BCUT2D eigenvalue weighted by atomic mass is 32.2. The smallest absolute Gasteiger partial charge is 0.475 e. The van der Waals surface area contributed by atoms with Gasteiger partial charge in [-0.1, -0.05) is 36.4 Å². The van der Waals surface area contributed by atoms with E-state index in [4.69, 9.17) is 24.5 Å². The highest BCUT2D eigenvalue weighted by Gasteiger charge is 2.38. The van der Waals surface area contributed by atoms with Gasteiger partial charge < -0.3 is 19.8 Å². The van der Waals surface area contributed by atoms with E-state index in [-0.39, 0.29) is 6.61 Å². The fraction of sp³-hybridized carbons (Fsp3) is 0.280. The van der Waals surface area contributed by atoms with Gasteiger partial charge >= 0.3 is 30.4 Å². The number of nitrogens with zero attached hydrogens (tertiary/aromatic N) is 2. The Morgan fingerprint density at radius 3 is 2.00 bits per heavy atom. The Hall–Kier alpha value is -4.25. The SMILES string of the molecule is CN(C)CCSc1cc(-c2cn[nH]c2)ccc1NC(=O)OCc1ccccc1.O=C(O)C(F)(F)F.O=C(O)C(F)(F)F. The average Bonchev–Trinajstić information content (AvgIpc) is 3.43. The Balaban J connectivity index is 0.000000522. The molecule has 0 spiro atoms. The maximum atomic E-state index is 12.3. The molecule has 1 aromatic heterocycles. The van der Waals surface area contributed by atoms with Crippen molar-refractivity contribution < 1.29 is 55.7 Å². The molecule has 0 fully saturated rings. The molecule has 0 aliphatic heterocycles. The number of alkyl halides is 6. The number of thioether (sulfide) groups is 1. The first kappa shape index (κ1) is 35.8. The zero-order valence-corrected chi connectivity index (χ0v) is 22.8. The predicted molar refractivity (Wildman–Crippen MR) is 141 cm³/mol. The number of rotatable bonds is 8. The molecule has 17 heteroatoms. The van der Waals surface area contributed by atoms with E-state index >= 15 is 0 Å². The zero-order valence-electron chi connectivity index (χ0n) is 22.0. The number of hydrogen-bond donors (Lipinski definition) is 4. The van der Waals surface area contributed by atoms with Crippen molar-refractivity contribution in [1.82, 2.24) is 15.1 Å². The van der Waals surface area contributed by atoms with Gasteiger partial charge in [0.25, 0.3) is 0 Å². The number of carbonyl (C=O) groups excluding carboxylic acids is 1. The quantitative estimate of drug-likeness (QED) is 0.182. The lowest BCUT2D eigenvalue weighted by molar-refractivity contribution is -0.193. The van der Waals surface area contributed by atoms with Crippen LogP contribution in [0.1, 0.15) is 5.56 Å². The van der Waals surface area contributed by atoms with E-state index in [0.717, 1.165) is 39.6 Å². The van der Waals surface area contributed by atoms with Crippen LogP contribution in [0.3, 0.4) is 0 Å². The molecular weight excluding hydrogens is 598 g/mol. The van der Waals surface area contributed by atoms with Gasteiger partial charge in [0.15, 0.2) is 0 Å². The third-order valence-corrected chi connectivity index (χ3v) is 5.58. The van der Waals surface area contributed by atoms with Crippen LogP contribution >= 0.6 is 11.8 Å². The van der Waals surface area contributed by atoms with Crippen molar-refractivity contribution in [1.29, 1.82) is 0 Å². The molecule has 0 saturated carbocycles. The van der Waals surface area contributed by atoms with Crippen molar-refractivity contribution in [2.75, 3.05) is 31.7 Å². The summed E-state index contributed by atoms with van der Waals surface area (Å²) in [6, 6.07) is 15.6. The molecule has 1 heterocycles. The monoisotopic (exact) mass is 624 g/mol. The number of amides is 1. The number of aliphatic carboxylic acids is 2. The molecule has 3 rings (SSSR count). The highest BCUT2D eigenvalue weighted by Crippen LogP contribution is 2.32. The lowest BCUT2D eigenvalue weighted by Gasteiger charge is -2.14. The van der Waals surface area contributed by atoms with Crippen LogP contribution in [0.5, 0.6) is 0 Å². The zero-order chi connectivity index (χ0) is 31.9. The van der Waals surface area contributed by atoms with Crippen molar-refractivity contribution >= 4 is 35.5 Å². The molecule has 230 valence electrons. The molecule has 0 radical (unpaired) electrons. The third-order valence-electron chi connectivity index (χ3n) is 4.54. The molecule has 1 amide bonds. The Bertz CT molecular complexity index is 1250. The lowest BCUT2D eigenvalue weighted by Crippen LogP contribution is -2.21. The third kappa shape index (κ3) is 14.4. The lowest BCUT2D eigenvalue weighted by atomic mass is 10.1. The molecule has 4 N–H and O–H groups in total. The maximum absolute atomic E-state index is 12.3. The summed E-state index contributed by atoms with van der Waals surface area (Å²) in [5.41, 5.74) is 3.75. The van der Waals surface area contributed by atoms with Crippen LogP contribution in [-0.4, -0.2) is 82.1 Å². The van der Waals surface area contributed by atoms with Crippen molar-refractivity contribution in [3.63, 3.8) is 0 Å². The number of benzene rings is 2. The van der Waals surface area contributed by atoms with E-state index in [1.807, 2.05) is 62.8 Å². The van der Waals surface area contributed by atoms with Gasteiger partial charge in [0.1, 0.15) is 6.61 Å². The Kier molecular flexibility index (Phi) is 14.4. The fourth-order valence-corrected chi connectivity index (χ4v) is 3.70. The molecule has 42 heavy (non-hydrogen) atoms. The summed E-state index contributed by atoms with van der Waals surface area (Å²) in [5.74, 6) is -4.60. The first-order valence-corrected chi connectivity index (χ1v) is 12.5. The highest BCUT2D eigenvalue weighted by molar-refractivity contribution is 7.99. The second kappa shape index (κ2) is 16.9. The van der Waals surface area contributed by atoms with Crippen LogP contribution in [0.2, 0.25) is 0 Å². The summed E-state index contributed by atoms with van der Waals surface area (Å²) in [5, 5.41) is 24.0. The molecule has 3 aromatic rings. The van der Waals surface area contributed by atoms with Gasteiger partial charge in [-0.3, -0.25) is 10.4 Å². The van der Waals surface area contributed by atoms with Crippen LogP contribution in [0.4, 0.5) is 36.8 Å². The van der Waals surface area contributed by atoms with Crippen molar-refractivity contribution in [2.45, 2.75) is 23.9 Å². The Morgan fingerprint density at radius 2 is 1.52 bits per heavy atom. The number of hydrogen-bond acceptors (Lipinski definition) is 7. The van der Waals surface area contributed by atoms with Gasteiger partial charge in [0.05, 0.1) is 11.9 Å². The number of anilines is 1. The van der Waals surface area contributed by atoms with E-state index < -0.39 is 30.4 Å². The van der Waals surface area contributed by atoms with Crippen molar-refractivity contribution in [2.24, 2.45) is 0 Å². The summed E-state index contributed by atoms with van der Waals surface area (Å²) in [7, 11) is 4.09. The number of nitrogens with one attached hydrogen (secondary N) is 2. The van der Waals surface area contributed by atoms with Crippen LogP contribution in [0.25, 0.3) is 11.1 Å². The van der Waals surface area contributed by atoms with Gasteiger partial charge in [0.2, 0.25) is 0 Å². The van der Waals surface area contributed by atoms with E-state index in [2.05, 4.69) is 26.5 Å². The van der Waals surface area contributed by atoms with Crippen LogP contribution in [0, 0.1) is 0 Å². The molecule has 10 nitrogen and oxygen atoms in total. The Morgan fingerprint density at radius 1 is 0.952 bits per heavy atom.